The molecule has 0 atom stereocenters. The summed E-state index contributed by atoms with van der Waals surface area (Å²) in [6.45, 7) is 2.02. The number of hydrogen-bond acceptors (Lipinski definition) is 1. The Hall–Kier alpha value is -0.770. The highest BCUT2D eigenvalue weighted by Crippen LogP contribution is 1.98. The highest BCUT2D eigenvalue weighted by Gasteiger charge is 1.82. The van der Waals surface area contributed by atoms with Gasteiger partial charge in [0.15, 0.2) is 0 Å². The van der Waals surface area contributed by atoms with E-state index in [2.05, 4.69) is 12.1 Å². The van der Waals surface area contributed by atoms with Gasteiger partial charge in [-0.25, -0.2) is 0 Å². The minimum atomic E-state index is 0.706. The van der Waals surface area contributed by atoms with Crippen molar-refractivity contribution in [3.05, 3.63) is 12.2 Å². The third-order valence-corrected chi connectivity index (χ3v) is 1.15. The van der Waals surface area contributed by atoms with Crippen LogP contribution < -0.4 is 0 Å². The van der Waals surface area contributed by atoms with Crippen molar-refractivity contribution < 1.29 is 0 Å². The average molecular weight is 123 g/mol. The van der Waals surface area contributed by atoms with E-state index in [4.69, 9.17) is 5.26 Å². The molecule has 0 aromatic carbocycles. The molecule has 0 aliphatic carbocycles. The van der Waals surface area contributed by atoms with E-state index in [1.54, 1.807) is 0 Å². The van der Waals surface area contributed by atoms with Gasteiger partial charge in [0.2, 0.25) is 0 Å². The predicted molar refractivity (Wildman–Crippen MR) is 38.9 cm³/mol. The van der Waals surface area contributed by atoms with Gasteiger partial charge in [0.05, 0.1) is 6.07 Å². The average Bonchev–Trinajstić information content (AvgIpc) is 1.89. The summed E-state index contributed by atoms with van der Waals surface area (Å²) < 4.78 is 0. The van der Waals surface area contributed by atoms with Crippen LogP contribution in [0, 0.1) is 11.3 Å². The van der Waals surface area contributed by atoms with Crippen molar-refractivity contribution in [1.29, 1.82) is 5.26 Å². The van der Waals surface area contributed by atoms with E-state index in [1.807, 2.05) is 13.0 Å². The fourth-order valence-electron chi connectivity index (χ4n) is 0.633. The summed E-state index contributed by atoms with van der Waals surface area (Å²) in [5, 5.41) is 8.15. The van der Waals surface area contributed by atoms with Gasteiger partial charge in [-0.3, -0.25) is 0 Å². The van der Waals surface area contributed by atoms with Crippen molar-refractivity contribution in [3.63, 3.8) is 0 Å². The van der Waals surface area contributed by atoms with Crippen molar-refractivity contribution in [1.82, 2.24) is 0 Å². The molecule has 0 rings (SSSR count). The first-order chi connectivity index (χ1) is 4.41. The van der Waals surface area contributed by atoms with Crippen LogP contribution in [-0.4, -0.2) is 0 Å². The number of allylic oxidation sites excluding steroid dienone is 2. The lowest BCUT2D eigenvalue weighted by atomic mass is 10.2. The quantitative estimate of drug-likeness (QED) is 0.416. The van der Waals surface area contributed by atoms with E-state index >= 15 is 0 Å². The summed E-state index contributed by atoms with van der Waals surface area (Å²) in [5.41, 5.74) is 0. The second kappa shape index (κ2) is 7.23. The van der Waals surface area contributed by atoms with Crippen LogP contribution in [0.2, 0.25) is 0 Å². The van der Waals surface area contributed by atoms with Gasteiger partial charge in [-0.2, -0.15) is 5.26 Å². The molecule has 0 heterocycles. The van der Waals surface area contributed by atoms with Gasteiger partial charge in [0.25, 0.3) is 0 Å². The highest BCUT2D eigenvalue weighted by molar-refractivity contribution is 4.77. The number of nitriles is 1. The topological polar surface area (TPSA) is 23.8 Å². The van der Waals surface area contributed by atoms with Crippen molar-refractivity contribution in [2.24, 2.45) is 0 Å². The van der Waals surface area contributed by atoms with Crippen LogP contribution in [-0.2, 0) is 0 Å². The zero-order chi connectivity index (χ0) is 6.95. The zero-order valence-electron chi connectivity index (χ0n) is 5.93. The standard InChI is InChI=1S/C8H13N/c1-2-3-4-5-6-7-8-9/h2-3H,4-7H2,1H3. The maximum Gasteiger partial charge on any atom is 0.0621 e. The molecule has 50 valence electrons. The SMILES string of the molecule is CC=CCCCCC#N. The fraction of sp³-hybridized carbons (Fsp3) is 0.625. The molecule has 0 N–H and O–H groups in total. The summed E-state index contributed by atoms with van der Waals surface area (Å²) in [5.74, 6) is 0. The van der Waals surface area contributed by atoms with Gasteiger partial charge in [0.1, 0.15) is 0 Å². The molecule has 0 aliphatic heterocycles. The van der Waals surface area contributed by atoms with E-state index < -0.39 is 0 Å². The molecule has 1 nitrogen and oxygen atoms in total. The van der Waals surface area contributed by atoms with Crippen LogP contribution in [0.3, 0.4) is 0 Å². The van der Waals surface area contributed by atoms with Gasteiger partial charge >= 0.3 is 0 Å². The third-order valence-electron chi connectivity index (χ3n) is 1.15. The summed E-state index contributed by atoms with van der Waals surface area (Å²) in [4.78, 5) is 0. The van der Waals surface area contributed by atoms with Crippen LogP contribution in [0.1, 0.15) is 32.6 Å². The first-order valence-corrected chi connectivity index (χ1v) is 3.40. The molecule has 0 saturated heterocycles. The van der Waals surface area contributed by atoms with Crippen LogP contribution in [0.15, 0.2) is 12.2 Å². The Balaban J connectivity index is 2.85. The van der Waals surface area contributed by atoms with E-state index in [1.165, 1.54) is 0 Å². The lowest BCUT2D eigenvalue weighted by Crippen LogP contribution is -1.70. The molecule has 0 unspecified atom stereocenters. The minimum Gasteiger partial charge on any atom is -0.198 e. The predicted octanol–water partition coefficient (Wildman–Crippen LogP) is 2.65. The normalized spacial score (nSPS) is 9.78. The number of rotatable bonds is 4. The van der Waals surface area contributed by atoms with Crippen LogP contribution in [0.4, 0.5) is 0 Å². The smallest absolute Gasteiger partial charge is 0.0621 e. The van der Waals surface area contributed by atoms with Crippen LogP contribution in [0.25, 0.3) is 0 Å². The molecule has 0 saturated carbocycles. The van der Waals surface area contributed by atoms with Crippen LogP contribution >= 0.6 is 0 Å². The Morgan fingerprint density at radius 3 is 2.78 bits per heavy atom. The van der Waals surface area contributed by atoms with E-state index in [9.17, 15) is 0 Å². The van der Waals surface area contributed by atoms with E-state index in [0.717, 1.165) is 19.3 Å². The van der Waals surface area contributed by atoms with Crippen molar-refractivity contribution in [2.45, 2.75) is 32.6 Å². The summed E-state index contributed by atoms with van der Waals surface area (Å²) in [6.07, 6.45) is 8.21. The first-order valence-electron chi connectivity index (χ1n) is 3.40. The third kappa shape index (κ3) is 7.23. The maximum atomic E-state index is 8.15. The van der Waals surface area contributed by atoms with Crippen molar-refractivity contribution >= 4 is 0 Å². The van der Waals surface area contributed by atoms with Gasteiger partial charge < -0.3 is 0 Å². The Bertz CT molecular complexity index is 108. The van der Waals surface area contributed by atoms with Crippen molar-refractivity contribution in [2.75, 3.05) is 0 Å². The fourth-order valence-corrected chi connectivity index (χ4v) is 0.633. The second-order valence-electron chi connectivity index (χ2n) is 1.97. The molecule has 9 heavy (non-hydrogen) atoms. The van der Waals surface area contributed by atoms with Gasteiger partial charge in [0, 0.05) is 6.42 Å². The highest BCUT2D eigenvalue weighted by atomic mass is 14.2. The minimum absolute atomic E-state index is 0.706. The Morgan fingerprint density at radius 1 is 1.44 bits per heavy atom. The lowest BCUT2D eigenvalue weighted by Gasteiger charge is -1.87. The Labute approximate surface area is 57.0 Å². The molecule has 0 aromatic heterocycles. The molecule has 0 fully saturated rings. The monoisotopic (exact) mass is 123 g/mol. The molecule has 0 amide bonds. The van der Waals surface area contributed by atoms with Gasteiger partial charge in [-0.15, -0.1) is 0 Å². The number of unbranched alkanes of at least 4 members (excludes halogenated alkanes) is 3. The summed E-state index contributed by atoms with van der Waals surface area (Å²) in [7, 11) is 0. The van der Waals surface area contributed by atoms with Crippen LogP contribution in [0.5, 0.6) is 0 Å². The maximum absolute atomic E-state index is 8.15. The number of hydrogen-bond donors (Lipinski definition) is 0. The van der Waals surface area contributed by atoms with Gasteiger partial charge in [-0.1, -0.05) is 12.2 Å². The van der Waals surface area contributed by atoms with Crippen molar-refractivity contribution in [3.8, 4) is 6.07 Å². The molecule has 0 radical (unpaired) electrons. The lowest BCUT2D eigenvalue weighted by molar-refractivity contribution is 0.767. The Morgan fingerprint density at radius 2 is 2.22 bits per heavy atom. The Kier molecular flexibility index (Phi) is 6.61. The molecular formula is C8H13N. The molecule has 0 spiro atoms. The molecule has 0 bridgehead atoms. The second-order valence-corrected chi connectivity index (χ2v) is 1.97. The molecule has 1 heteroatoms. The molecule has 0 aromatic rings. The number of nitrogens with zero attached hydrogens (tertiary/aromatic N) is 1. The summed E-state index contributed by atoms with van der Waals surface area (Å²) >= 11 is 0. The summed E-state index contributed by atoms with van der Waals surface area (Å²) in [6, 6.07) is 2.12. The molecule has 0 aliphatic rings. The van der Waals surface area contributed by atoms with E-state index in [-0.39, 0.29) is 0 Å². The van der Waals surface area contributed by atoms with Gasteiger partial charge in [-0.05, 0) is 26.2 Å². The first kappa shape index (κ1) is 8.23. The largest absolute Gasteiger partial charge is 0.198 e. The zero-order valence-corrected chi connectivity index (χ0v) is 5.93. The molecular weight excluding hydrogens is 110 g/mol. The van der Waals surface area contributed by atoms with E-state index in [0.29, 0.717) is 6.42 Å².